The smallest absolute Gasteiger partial charge is 0.468 e. The van der Waals surface area contributed by atoms with Crippen LogP contribution in [0.3, 0.4) is 0 Å². The molecule has 2 N–H and O–H groups in total. The van der Waals surface area contributed by atoms with Gasteiger partial charge in [0.25, 0.3) is 0 Å². The summed E-state index contributed by atoms with van der Waals surface area (Å²) in [6.45, 7) is 11.9. The number of rotatable bonds is 17. The van der Waals surface area contributed by atoms with Crippen molar-refractivity contribution in [3.8, 4) is 11.5 Å². The average Bonchev–Trinajstić information content (AvgIpc) is 2.89. The van der Waals surface area contributed by atoms with Crippen molar-refractivity contribution in [3.05, 3.63) is 23.8 Å². The summed E-state index contributed by atoms with van der Waals surface area (Å²) in [5.74, 6) is -0.900. The molecular formula is C30H47NO10. The van der Waals surface area contributed by atoms with E-state index >= 15 is 0 Å². The van der Waals surface area contributed by atoms with E-state index in [1.807, 2.05) is 34.6 Å². The number of carbonyl (C=O) groups excluding carboxylic acids is 4. The number of hydrogen-bond donors (Lipinski definition) is 1. The van der Waals surface area contributed by atoms with Gasteiger partial charge in [-0.05, 0) is 48.8 Å². The molecule has 232 valence electrons. The molecule has 0 aliphatic rings. The molecule has 1 aromatic rings. The monoisotopic (exact) mass is 581 g/mol. The van der Waals surface area contributed by atoms with E-state index in [9.17, 15) is 19.2 Å². The highest BCUT2D eigenvalue weighted by Crippen LogP contribution is 2.31. The van der Waals surface area contributed by atoms with Gasteiger partial charge >= 0.3 is 24.2 Å². The fourth-order valence-electron chi connectivity index (χ4n) is 3.68. The first-order valence-corrected chi connectivity index (χ1v) is 14.2. The Balaban J connectivity index is 3.12. The van der Waals surface area contributed by atoms with Crippen LogP contribution >= 0.6 is 0 Å². The largest absolute Gasteiger partial charge is 0.513 e. The van der Waals surface area contributed by atoms with Crippen molar-refractivity contribution in [1.82, 2.24) is 0 Å². The van der Waals surface area contributed by atoms with Gasteiger partial charge < -0.3 is 34.2 Å². The van der Waals surface area contributed by atoms with Gasteiger partial charge in [-0.2, -0.15) is 0 Å². The molecule has 0 aliphatic heterocycles. The van der Waals surface area contributed by atoms with Gasteiger partial charge in [0.05, 0.1) is 32.8 Å². The lowest BCUT2D eigenvalue weighted by Crippen LogP contribution is -2.51. The topological polar surface area (TPSA) is 150 Å². The number of ether oxygens (including phenoxy) is 6. The van der Waals surface area contributed by atoms with Gasteiger partial charge in [0.1, 0.15) is 5.54 Å². The van der Waals surface area contributed by atoms with E-state index in [0.29, 0.717) is 36.7 Å². The number of methoxy groups -OCH3 is 1. The molecule has 0 heterocycles. The number of benzene rings is 1. The highest BCUT2D eigenvalue weighted by Gasteiger charge is 2.36. The van der Waals surface area contributed by atoms with E-state index in [0.717, 1.165) is 6.42 Å². The van der Waals surface area contributed by atoms with Crippen molar-refractivity contribution in [3.63, 3.8) is 0 Å². The minimum Gasteiger partial charge on any atom is -0.468 e. The molecule has 2 atom stereocenters. The molecule has 0 fully saturated rings. The minimum atomic E-state index is -1.56. The van der Waals surface area contributed by atoms with Crippen LogP contribution in [0.5, 0.6) is 11.5 Å². The van der Waals surface area contributed by atoms with E-state index in [-0.39, 0.29) is 56.0 Å². The number of carbonyl (C=O) groups is 4. The van der Waals surface area contributed by atoms with Gasteiger partial charge in [0.2, 0.25) is 0 Å². The summed E-state index contributed by atoms with van der Waals surface area (Å²) < 4.78 is 31.1. The van der Waals surface area contributed by atoms with Crippen LogP contribution in [0.25, 0.3) is 0 Å². The molecule has 0 aromatic heterocycles. The van der Waals surface area contributed by atoms with Crippen LogP contribution in [-0.4, -0.2) is 56.7 Å². The SMILES string of the molecule is CCC[C@H](C)C(=O)OCCC(N)(Cc1ccc(OC(=O)OCCC(C)C)c(OC(=O)OCCC(C)C)c1)C(=O)OC. The van der Waals surface area contributed by atoms with Crippen LogP contribution in [-0.2, 0) is 35.0 Å². The molecule has 0 bridgehead atoms. The van der Waals surface area contributed by atoms with Crippen molar-refractivity contribution in [2.24, 2.45) is 23.5 Å². The quantitative estimate of drug-likeness (QED) is 0.139. The second-order valence-electron chi connectivity index (χ2n) is 11.0. The zero-order chi connectivity index (χ0) is 31.0. The first-order valence-electron chi connectivity index (χ1n) is 14.2. The summed E-state index contributed by atoms with van der Waals surface area (Å²) in [6, 6.07) is 4.38. The summed E-state index contributed by atoms with van der Waals surface area (Å²) in [6.07, 6.45) is 0.795. The van der Waals surface area contributed by atoms with Crippen molar-refractivity contribution >= 4 is 24.2 Å². The van der Waals surface area contributed by atoms with Crippen molar-refractivity contribution in [2.75, 3.05) is 26.9 Å². The Kier molecular flexibility index (Phi) is 15.8. The molecule has 0 saturated heterocycles. The van der Waals surface area contributed by atoms with Crippen LogP contribution in [0.1, 0.15) is 79.2 Å². The third-order valence-corrected chi connectivity index (χ3v) is 6.25. The average molecular weight is 582 g/mol. The lowest BCUT2D eigenvalue weighted by atomic mass is 9.88. The molecular weight excluding hydrogens is 534 g/mol. The number of hydrogen-bond acceptors (Lipinski definition) is 11. The third kappa shape index (κ3) is 13.7. The van der Waals surface area contributed by atoms with Gasteiger partial charge in [0.15, 0.2) is 11.5 Å². The zero-order valence-electron chi connectivity index (χ0n) is 25.5. The van der Waals surface area contributed by atoms with E-state index in [1.165, 1.54) is 19.2 Å². The molecule has 41 heavy (non-hydrogen) atoms. The molecule has 0 amide bonds. The number of esters is 2. The summed E-state index contributed by atoms with van der Waals surface area (Å²) in [7, 11) is 1.21. The van der Waals surface area contributed by atoms with Crippen LogP contribution in [0, 0.1) is 17.8 Å². The molecule has 0 spiro atoms. The molecule has 11 heteroatoms. The first-order chi connectivity index (χ1) is 19.3. The van der Waals surface area contributed by atoms with Gasteiger partial charge in [-0.25, -0.2) is 9.59 Å². The van der Waals surface area contributed by atoms with E-state index in [1.54, 1.807) is 13.0 Å². The van der Waals surface area contributed by atoms with E-state index in [2.05, 4.69) is 0 Å². The van der Waals surface area contributed by atoms with Crippen LogP contribution in [0.2, 0.25) is 0 Å². The highest BCUT2D eigenvalue weighted by atomic mass is 16.7. The van der Waals surface area contributed by atoms with Crippen molar-refractivity contribution < 1.29 is 47.6 Å². The van der Waals surface area contributed by atoms with Crippen LogP contribution in [0.4, 0.5) is 9.59 Å². The molecule has 11 nitrogen and oxygen atoms in total. The Morgan fingerprint density at radius 1 is 0.805 bits per heavy atom. The highest BCUT2D eigenvalue weighted by molar-refractivity contribution is 5.81. The molecule has 0 aliphatic carbocycles. The summed E-state index contributed by atoms with van der Waals surface area (Å²) in [5.41, 5.74) is 5.35. The molecule has 1 rings (SSSR count). The van der Waals surface area contributed by atoms with Crippen molar-refractivity contribution in [1.29, 1.82) is 0 Å². The Bertz CT molecular complexity index is 993. The predicted octanol–water partition coefficient (Wildman–Crippen LogP) is 5.59. The molecule has 1 aromatic carbocycles. The Hall–Kier alpha value is -3.34. The molecule has 1 unspecified atom stereocenters. The maximum atomic E-state index is 12.7. The van der Waals surface area contributed by atoms with E-state index in [4.69, 9.17) is 34.2 Å². The Morgan fingerprint density at radius 3 is 1.88 bits per heavy atom. The summed E-state index contributed by atoms with van der Waals surface area (Å²) in [4.78, 5) is 49.5. The Labute approximate surface area is 243 Å². The standard InChI is InChI=1S/C30H47NO10/c1-8-9-22(6)26(32)37-17-14-30(31,27(33)36-7)19-23-10-11-24(40-28(34)38-15-12-20(2)3)25(18-23)41-29(35)39-16-13-21(4)5/h10-11,18,20-22H,8-9,12-17,19,31H2,1-7H3/t22-,30?/m0/s1. The minimum absolute atomic E-state index is 0.0158. The maximum Gasteiger partial charge on any atom is 0.513 e. The summed E-state index contributed by atoms with van der Waals surface area (Å²) in [5, 5.41) is 0. The summed E-state index contributed by atoms with van der Waals surface area (Å²) >= 11 is 0. The van der Waals surface area contributed by atoms with Gasteiger partial charge in [-0.1, -0.05) is 54.0 Å². The van der Waals surface area contributed by atoms with E-state index < -0.39 is 23.8 Å². The normalized spacial score (nSPS) is 13.2. The fraction of sp³-hybridized carbons (Fsp3) is 0.667. The van der Waals surface area contributed by atoms with Gasteiger partial charge in [0, 0.05) is 12.8 Å². The maximum absolute atomic E-state index is 12.7. The molecule has 0 saturated carbocycles. The predicted molar refractivity (Wildman–Crippen MR) is 152 cm³/mol. The van der Waals surface area contributed by atoms with Crippen LogP contribution in [0.15, 0.2) is 18.2 Å². The lowest BCUT2D eigenvalue weighted by Gasteiger charge is -2.27. The van der Waals surface area contributed by atoms with Crippen molar-refractivity contribution in [2.45, 2.75) is 85.6 Å². The number of nitrogens with two attached hydrogens (primary N) is 1. The molecule has 0 radical (unpaired) electrons. The van der Waals surface area contributed by atoms with Gasteiger partial charge in [-0.3, -0.25) is 9.59 Å². The van der Waals surface area contributed by atoms with Crippen LogP contribution < -0.4 is 15.2 Å². The zero-order valence-corrected chi connectivity index (χ0v) is 25.5. The first kappa shape index (κ1) is 35.7. The fourth-order valence-corrected chi connectivity index (χ4v) is 3.68. The third-order valence-electron chi connectivity index (χ3n) is 6.25. The van der Waals surface area contributed by atoms with Gasteiger partial charge in [-0.15, -0.1) is 0 Å². The second-order valence-corrected chi connectivity index (χ2v) is 11.0. The lowest BCUT2D eigenvalue weighted by molar-refractivity contribution is -0.153. The second kappa shape index (κ2) is 18.2. The Morgan fingerprint density at radius 2 is 1.37 bits per heavy atom.